The minimum absolute atomic E-state index is 0.193. The summed E-state index contributed by atoms with van der Waals surface area (Å²) < 4.78 is 21.7. The van der Waals surface area contributed by atoms with E-state index in [1.807, 2.05) is 48.0 Å². The number of ether oxygens (including phenoxy) is 1. The average molecular weight is 585 g/mol. The van der Waals surface area contributed by atoms with Crippen molar-refractivity contribution in [3.63, 3.8) is 0 Å². The van der Waals surface area contributed by atoms with E-state index in [2.05, 4.69) is 26.1 Å². The number of aromatic nitrogens is 2. The summed E-state index contributed by atoms with van der Waals surface area (Å²) >= 11 is 6.12. The third-order valence-corrected chi connectivity index (χ3v) is 6.76. The summed E-state index contributed by atoms with van der Waals surface area (Å²) in [5, 5.41) is 2.76. The molecule has 0 radical (unpaired) electrons. The molecule has 0 bridgehead atoms. The molecule has 3 rings (SSSR count). The summed E-state index contributed by atoms with van der Waals surface area (Å²) in [4.78, 5) is 32.3. The minimum atomic E-state index is -0.602. The summed E-state index contributed by atoms with van der Waals surface area (Å²) in [6.07, 6.45) is 1.91. The highest BCUT2D eigenvalue weighted by molar-refractivity contribution is 6.27. The second-order valence-electron chi connectivity index (χ2n) is 12.3. The number of carbonyl (C=O) groups is 2. The van der Waals surface area contributed by atoms with E-state index in [0.29, 0.717) is 43.1 Å². The fourth-order valence-electron chi connectivity index (χ4n) is 4.78. The molecule has 1 N–H and O–H groups in total. The molecule has 0 aliphatic carbocycles. The van der Waals surface area contributed by atoms with Crippen LogP contribution in [0.25, 0.3) is 11.3 Å². The van der Waals surface area contributed by atoms with Gasteiger partial charge in [0, 0.05) is 31.4 Å². The zero-order valence-electron chi connectivity index (χ0n) is 25.1. The first-order valence-electron chi connectivity index (χ1n) is 13.9. The van der Waals surface area contributed by atoms with Gasteiger partial charge in [-0.05, 0) is 62.8 Å². The van der Waals surface area contributed by atoms with E-state index in [4.69, 9.17) is 21.3 Å². The maximum absolute atomic E-state index is 14.3. The van der Waals surface area contributed by atoms with E-state index in [1.165, 1.54) is 12.1 Å². The number of alkyl carbamates (subject to hydrolysis) is 1. The van der Waals surface area contributed by atoms with E-state index >= 15 is 0 Å². The predicted octanol–water partition coefficient (Wildman–Crippen LogP) is 7.12. The van der Waals surface area contributed by atoms with E-state index in [1.54, 1.807) is 31.7 Å². The molecule has 2 aromatic carbocycles. The Morgan fingerprint density at radius 2 is 1.78 bits per heavy atom. The number of alkyl halides is 1. The molecule has 0 unspecified atom stereocenters. The van der Waals surface area contributed by atoms with Gasteiger partial charge in [0.25, 0.3) is 0 Å². The van der Waals surface area contributed by atoms with Gasteiger partial charge in [0.1, 0.15) is 23.1 Å². The number of amides is 2. The van der Waals surface area contributed by atoms with E-state index in [-0.39, 0.29) is 17.6 Å². The molecule has 0 aliphatic heterocycles. The molecule has 1 aromatic heterocycles. The Hall–Kier alpha value is -3.39. The van der Waals surface area contributed by atoms with Crippen LogP contribution in [-0.4, -0.2) is 51.0 Å². The van der Waals surface area contributed by atoms with Gasteiger partial charge in [-0.2, -0.15) is 0 Å². The van der Waals surface area contributed by atoms with Crippen molar-refractivity contribution in [1.29, 1.82) is 0 Å². The third-order valence-electron chi connectivity index (χ3n) is 6.53. The van der Waals surface area contributed by atoms with E-state index in [0.717, 1.165) is 11.1 Å². The Kier molecular flexibility index (Phi) is 10.6. The lowest BCUT2D eigenvalue weighted by molar-refractivity contribution is -0.133. The normalized spacial score (nSPS) is 12.6. The zero-order chi connectivity index (χ0) is 30.4. The molecule has 0 spiro atoms. The Labute approximate surface area is 248 Å². The Bertz CT molecular complexity index is 1330. The fourth-order valence-corrected chi connectivity index (χ4v) is 4.93. The van der Waals surface area contributed by atoms with Gasteiger partial charge in [0.2, 0.25) is 5.91 Å². The molecular formula is C32H42ClFN4O3. The van der Waals surface area contributed by atoms with Crippen molar-refractivity contribution in [3.05, 3.63) is 77.5 Å². The van der Waals surface area contributed by atoms with Gasteiger partial charge in [-0.25, -0.2) is 14.2 Å². The zero-order valence-corrected chi connectivity index (χ0v) is 25.9. The second kappa shape index (κ2) is 13.5. The summed E-state index contributed by atoms with van der Waals surface area (Å²) in [7, 11) is 0. The fraction of sp³-hybridized carbons (Fsp3) is 0.469. The van der Waals surface area contributed by atoms with Gasteiger partial charge >= 0.3 is 6.09 Å². The largest absolute Gasteiger partial charge is 0.444 e. The van der Waals surface area contributed by atoms with Crippen molar-refractivity contribution in [3.8, 4) is 11.3 Å². The number of nitrogens with zero attached hydrogens (tertiary/aromatic N) is 3. The lowest BCUT2D eigenvalue weighted by Crippen LogP contribution is -2.44. The van der Waals surface area contributed by atoms with Crippen LogP contribution in [0.2, 0.25) is 0 Å². The number of hydrogen-bond donors (Lipinski definition) is 1. The highest BCUT2D eigenvalue weighted by atomic mass is 35.5. The van der Waals surface area contributed by atoms with Crippen LogP contribution >= 0.6 is 11.6 Å². The molecule has 1 atom stereocenters. The average Bonchev–Trinajstić information content (AvgIpc) is 3.28. The van der Waals surface area contributed by atoms with Gasteiger partial charge in [-0.1, -0.05) is 57.2 Å². The number of carbonyl (C=O) groups excluding carboxylic acids is 2. The quantitative estimate of drug-likeness (QED) is 0.203. The van der Waals surface area contributed by atoms with Crippen LogP contribution < -0.4 is 5.32 Å². The van der Waals surface area contributed by atoms with Gasteiger partial charge in [-0.3, -0.25) is 4.79 Å². The molecule has 0 saturated carbocycles. The predicted molar refractivity (Wildman–Crippen MR) is 161 cm³/mol. The minimum Gasteiger partial charge on any atom is -0.444 e. The number of benzene rings is 2. The highest BCUT2D eigenvalue weighted by Gasteiger charge is 2.38. The van der Waals surface area contributed by atoms with Crippen molar-refractivity contribution in [2.24, 2.45) is 5.41 Å². The SMILES string of the molecule is Cc1ccc(F)cc1-c1cn(Cc2ccccc2)c([C@H](N(CCCNC(=O)OC(C)(C)C)C(=O)CCl)C(C)(C)C)n1. The molecule has 2 amide bonds. The molecule has 7 nitrogen and oxygen atoms in total. The van der Waals surface area contributed by atoms with Gasteiger partial charge in [0.05, 0.1) is 11.7 Å². The molecule has 41 heavy (non-hydrogen) atoms. The molecule has 0 saturated heterocycles. The summed E-state index contributed by atoms with van der Waals surface area (Å²) in [5.41, 5.74) is 2.26. The Balaban J connectivity index is 2.02. The second-order valence-corrected chi connectivity index (χ2v) is 12.6. The van der Waals surface area contributed by atoms with Gasteiger partial charge in [-0.15, -0.1) is 11.6 Å². The maximum atomic E-state index is 14.3. The van der Waals surface area contributed by atoms with Gasteiger partial charge < -0.3 is 19.5 Å². The smallest absolute Gasteiger partial charge is 0.407 e. The number of rotatable bonds is 10. The van der Waals surface area contributed by atoms with Crippen LogP contribution in [0.4, 0.5) is 9.18 Å². The van der Waals surface area contributed by atoms with E-state index < -0.39 is 23.2 Å². The summed E-state index contributed by atoms with van der Waals surface area (Å²) in [6.45, 7) is 14.7. The molecule has 0 fully saturated rings. The first kappa shape index (κ1) is 32.1. The monoisotopic (exact) mass is 584 g/mol. The molecule has 0 aliphatic rings. The van der Waals surface area contributed by atoms with E-state index in [9.17, 15) is 14.0 Å². The van der Waals surface area contributed by atoms with Crippen molar-refractivity contribution in [2.75, 3.05) is 19.0 Å². The standard InChI is InChI=1S/C32H42ClFN4O3/c1-22-14-15-24(34)18-25(22)26-21-37(20-23-12-9-8-10-13-23)29(36-26)28(31(2,3)4)38(27(39)19-33)17-11-16-35-30(40)41-32(5,6)7/h8-10,12-15,18,21,28H,11,16-17,19-20H2,1-7H3,(H,35,40)/t28-/m0/s1. The Morgan fingerprint density at radius 3 is 2.39 bits per heavy atom. The Morgan fingerprint density at radius 1 is 1.10 bits per heavy atom. The first-order valence-corrected chi connectivity index (χ1v) is 14.4. The van der Waals surface area contributed by atoms with Crippen LogP contribution in [0, 0.1) is 18.2 Å². The van der Waals surface area contributed by atoms with Crippen LogP contribution in [0.1, 0.15) is 71.0 Å². The summed E-state index contributed by atoms with van der Waals surface area (Å²) in [6, 6.07) is 14.2. The number of hydrogen-bond acceptors (Lipinski definition) is 4. The number of nitrogens with one attached hydrogen (secondary N) is 1. The maximum Gasteiger partial charge on any atom is 0.407 e. The number of aryl methyl sites for hydroxylation is 1. The van der Waals surface area contributed by atoms with Crippen LogP contribution in [0.3, 0.4) is 0 Å². The molecule has 9 heteroatoms. The molecule has 3 aromatic rings. The number of halogens is 2. The van der Waals surface area contributed by atoms with Crippen LogP contribution in [0.15, 0.2) is 54.7 Å². The lowest BCUT2D eigenvalue weighted by atomic mass is 9.84. The van der Waals surface area contributed by atoms with Gasteiger partial charge in [0.15, 0.2) is 0 Å². The molecule has 222 valence electrons. The van der Waals surface area contributed by atoms with Crippen molar-refractivity contribution < 1.29 is 18.7 Å². The number of imidazole rings is 1. The lowest BCUT2D eigenvalue weighted by Gasteiger charge is -2.40. The summed E-state index contributed by atoms with van der Waals surface area (Å²) in [5.74, 6) is -0.0878. The first-order chi connectivity index (χ1) is 19.2. The van der Waals surface area contributed by atoms with Crippen molar-refractivity contribution >= 4 is 23.6 Å². The third kappa shape index (κ3) is 9.05. The topological polar surface area (TPSA) is 76.5 Å². The van der Waals surface area contributed by atoms with Crippen LogP contribution in [0.5, 0.6) is 0 Å². The van der Waals surface area contributed by atoms with Crippen LogP contribution in [-0.2, 0) is 16.1 Å². The molecular weight excluding hydrogens is 543 g/mol. The highest BCUT2D eigenvalue weighted by Crippen LogP contribution is 2.39. The van der Waals surface area contributed by atoms with Crippen molar-refractivity contribution in [1.82, 2.24) is 19.8 Å². The van der Waals surface area contributed by atoms with Crippen molar-refractivity contribution in [2.45, 2.75) is 73.1 Å². The molecule has 1 heterocycles.